The van der Waals surface area contributed by atoms with Gasteiger partial charge in [-0.1, -0.05) is 17.9 Å². The Labute approximate surface area is 180 Å². The monoisotopic (exact) mass is 413 g/mol. The number of halogens is 1. The summed E-state index contributed by atoms with van der Waals surface area (Å²) >= 11 is 0. The molecule has 1 aromatic carbocycles. The highest BCUT2D eigenvalue weighted by Crippen LogP contribution is 2.44. The molecule has 2 aliphatic rings. The minimum Gasteiger partial charge on any atom is -0.325 e. The fourth-order valence-corrected chi connectivity index (χ4v) is 4.61. The summed E-state index contributed by atoms with van der Waals surface area (Å²) in [5, 5.41) is 4.50. The molecule has 3 aromatic heterocycles. The maximum absolute atomic E-state index is 15.1. The molecule has 4 aromatic rings. The van der Waals surface area contributed by atoms with Gasteiger partial charge in [-0.15, -0.1) is 0 Å². The Kier molecular flexibility index (Phi) is 3.92. The van der Waals surface area contributed by atoms with Crippen LogP contribution in [0.1, 0.15) is 43.7 Å². The van der Waals surface area contributed by atoms with Crippen molar-refractivity contribution in [1.82, 2.24) is 19.7 Å². The minimum atomic E-state index is -0.341. The van der Waals surface area contributed by atoms with Crippen LogP contribution in [-0.4, -0.2) is 26.3 Å². The summed E-state index contributed by atoms with van der Waals surface area (Å²) < 4.78 is 16.9. The van der Waals surface area contributed by atoms with Crippen LogP contribution in [0.15, 0.2) is 30.6 Å². The van der Waals surface area contributed by atoms with Crippen molar-refractivity contribution in [2.24, 2.45) is 12.5 Å². The van der Waals surface area contributed by atoms with Crippen LogP contribution in [-0.2, 0) is 13.5 Å². The standard InChI is InChI=1S/C25H24FN5/c1-25(11-12-25)10-9-16-6-5-8-20-17(16)7-3-4-13-31(20)24-21-18(14-27-15-19(21)26)22-23(28-24)29-30(22)2/h5-6,8,14-15H,3-4,7,11-13H2,1-2H3,(H,28,29). The summed E-state index contributed by atoms with van der Waals surface area (Å²) in [5.41, 5.74) is 5.25. The van der Waals surface area contributed by atoms with E-state index in [2.05, 4.69) is 51.9 Å². The van der Waals surface area contributed by atoms with Crippen molar-refractivity contribution in [1.29, 1.82) is 0 Å². The van der Waals surface area contributed by atoms with E-state index in [1.807, 2.05) is 11.7 Å². The molecule has 1 saturated carbocycles. The van der Waals surface area contributed by atoms with Crippen LogP contribution in [0.4, 0.5) is 15.9 Å². The van der Waals surface area contributed by atoms with Gasteiger partial charge in [0.05, 0.1) is 11.6 Å². The first kappa shape index (κ1) is 18.4. The largest absolute Gasteiger partial charge is 0.325 e. The first-order valence-corrected chi connectivity index (χ1v) is 10.9. The molecule has 0 bridgehead atoms. The molecule has 1 N–H and O–H groups in total. The van der Waals surface area contributed by atoms with Crippen LogP contribution in [0.3, 0.4) is 0 Å². The normalized spacial score (nSPS) is 17.3. The summed E-state index contributed by atoms with van der Waals surface area (Å²) in [5.74, 6) is 7.25. The lowest BCUT2D eigenvalue weighted by Crippen LogP contribution is -2.21. The molecular formula is C25H24FN5. The van der Waals surface area contributed by atoms with E-state index in [0.717, 1.165) is 53.6 Å². The third-order valence-electron chi connectivity index (χ3n) is 6.68. The summed E-state index contributed by atoms with van der Waals surface area (Å²) in [6.45, 7) is 3.02. The lowest BCUT2D eigenvalue weighted by molar-refractivity contribution is 0.633. The molecule has 1 aliphatic heterocycles. The quantitative estimate of drug-likeness (QED) is 0.436. The first-order valence-electron chi connectivity index (χ1n) is 10.9. The van der Waals surface area contributed by atoms with Gasteiger partial charge in [0.2, 0.25) is 0 Å². The number of H-pyrrole nitrogens is 1. The molecule has 5 nitrogen and oxygen atoms in total. The highest BCUT2D eigenvalue weighted by atomic mass is 19.1. The summed E-state index contributed by atoms with van der Waals surface area (Å²) in [6.07, 6.45) is 8.44. The fraction of sp³-hybridized carbons (Fsp3) is 0.360. The van der Waals surface area contributed by atoms with Crippen LogP contribution in [0.2, 0.25) is 0 Å². The van der Waals surface area contributed by atoms with Crippen molar-refractivity contribution in [3.63, 3.8) is 0 Å². The van der Waals surface area contributed by atoms with Crippen molar-refractivity contribution < 1.29 is 4.39 Å². The van der Waals surface area contributed by atoms with E-state index in [1.54, 1.807) is 6.20 Å². The molecule has 0 saturated heterocycles. The summed E-state index contributed by atoms with van der Waals surface area (Å²) in [6, 6.07) is 6.30. The van der Waals surface area contributed by atoms with Gasteiger partial charge in [-0.25, -0.2) is 9.37 Å². The fourth-order valence-electron chi connectivity index (χ4n) is 4.61. The van der Waals surface area contributed by atoms with Gasteiger partial charge < -0.3 is 4.90 Å². The van der Waals surface area contributed by atoms with E-state index < -0.39 is 0 Å². The van der Waals surface area contributed by atoms with Gasteiger partial charge in [-0.05, 0) is 56.7 Å². The first-order chi connectivity index (χ1) is 15.0. The number of fused-ring (bicyclic) bond motifs is 4. The molecule has 156 valence electrons. The number of aromatic nitrogens is 4. The molecule has 0 radical (unpaired) electrons. The third-order valence-corrected chi connectivity index (χ3v) is 6.68. The highest BCUT2D eigenvalue weighted by Gasteiger charge is 2.35. The third kappa shape index (κ3) is 2.91. The number of rotatable bonds is 1. The van der Waals surface area contributed by atoms with Gasteiger partial charge >= 0.3 is 0 Å². The van der Waals surface area contributed by atoms with Crippen LogP contribution >= 0.6 is 0 Å². The predicted molar refractivity (Wildman–Crippen MR) is 121 cm³/mol. The molecule has 0 unspecified atom stereocenters. The molecule has 6 rings (SSSR count). The topological polar surface area (TPSA) is 49.7 Å². The SMILES string of the molecule is Cn1[nH]c2nc(N3CCCCc4c(C#CC5(C)CC5)cccc43)c3c(F)cncc3c21. The van der Waals surface area contributed by atoms with Crippen molar-refractivity contribution in [2.75, 3.05) is 11.4 Å². The Morgan fingerprint density at radius 3 is 2.87 bits per heavy atom. The number of pyridine rings is 2. The maximum atomic E-state index is 15.1. The molecule has 0 spiro atoms. The minimum absolute atomic E-state index is 0.181. The van der Waals surface area contributed by atoms with Crippen molar-refractivity contribution >= 4 is 33.4 Å². The molecule has 4 heterocycles. The second-order valence-corrected chi connectivity index (χ2v) is 9.07. The Hall–Kier alpha value is -3.33. The Bertz CT molecular complexity index is 1400. The maximum Gasteiger partial charge on any atom is 0.173 e. The number of nitrogens with zero attached hydrogens (tertiary/aromatic N) is 4. The molecule has 0 amide bonds. The van der Waals surface area contributed by atoms with Gasteiger partial charge in [0.1, 0.15) is 11.3 Å². The summed E-state index contributed by atoms with van der Waals surface area (Å²) in [4.78, 5) is 11.1. The number of benzene rings is 1. The molecule has 1 aliphatic carbocycles. The zero-order chi connectivity index (χ0) is 21.2. The molecular weight excluding hydrogens is 389 g/mol. The van der Waals surface area contributed by atoms with Crippen molar-refractivity contribution in [3.8, 4) is 11.8 Å². The van der Waals surface area contributed by atoms with Gasteiger partial charge in [0.25, 0.3) is 0 Å². The van der Waals surface area contributed by atoms with Gasteiger partial charge in [-0.2, -0.15) is 0 Å². The van der Waals surface area contributed by atoms with Crippen LogP contribution < -0.4 is 4.90 Å². The number of nitrogens with one attached hydrogen (secondary N) is 1. The van der Waals surface area contributed by atoms with E-state index in [9.17, 15) is 0 Å². The van der Waals surface area contributed by atoms with Crippen LogP contribution in [0, 0.1) is 23.1 Å². The molecule has 1 fully saturated rings. The highest BCUT2D eigenvalue weighted by molar-refractivity contribution is 6.09. The molecule has 0 atom stereocenters. The van der Waals surface area contributed by atoms with E-state index in [4.69, 9.17) is 4.98 Å². The smallest absolute Gasteiger partial charge is 0.173 e. The number of hydrogen-bond donors (Lipinski definition) is 1. The van der Waals surface area contributed by atoms with Crippen molar-refractivity contribution in [3.05, 3.63) is 47.5 Å². The molecule has 6 heteroatoms. The van der Waals surface area contributed by atoms with E-state index in [0.29, 0.717) is 11.2 Å². The number of aromatic amines is 1. The van der Waals surface area contributed by atoms with Gasteiger partial charge in [-0.3, -0.25) is 14.8 Å². The predicted octanol–water partition coefficient (Wildman–Crippen LogP) is 5.21. The lowest BCUT2D eigenvalue weighted by Gasteiger charge is -2.27. The molecule has 31 heavy (non-hydrogen) atoms. The zero-order valence-electron chi connectivity index (χ0n) is 17.8. The number of aryl methyl sites for hydroxylation is 1. The Morgan fingerprint density at radius 1 is 1.19 bits per heavy atom. The number of hydrogen-bond acceptors (Lipinski definition) is 3. The average molecular weight is 414 g/mol. The second kappa shape index (κ2) is 6.58. The zero-order valence-corrected chi connectivity index (χ0v) is 17.8. The number of anilines is 2. The van der Waals surface area contributed by atoms with Crippen LogP contribution in [0.5, 0.6) is 0 Å². The van der Waals surface area contributed by atoms with Crippen LogP contribution in [0.25, 0.3) is 21.9 Å². The lowest BCUT2D eigenvalue weighted by atomic mass is 9.99. The van der Waals surface area contributed by atoms with Gasteiger partial charge in [0.15, 0.2) is 11.5 Å². The average Bonchev–Trinajstić information content (AvgIpc) is 3.52. The Balaban J connectivity index is 1.57. The van der Waals surface area contributed by atoms with E-state index >= 15 is 4.39 Å². The van der Waals surface area contributed by atoms with Gasteiger partial charge in [0, 0.05) is 41.8 Å². The second-order valence-electron chi connectivity index (χ2n) is 9.07. The van der Waals surface area contributed by atoms with Crippen molar-refractivity contribution in [2.45, 2.75) is 39.0 Å². The van der Waals surface area contributed by atoms with E-state index in [-0.39, 0.29) is 11.2 Å². The Morgan fingerprint density at radius 2 is 2.06 bits per heavy atom. The summed E-state index contributed by atoms with van der Waals surface area (Å²) in [7, 11) is 1.90. The van der Waals surface area contributed by atoms with E-state index in [1.165, 1.54) is 24.6 Å².